The lowest BCUT2D eigenvalue weighted by Gasteiger charge is -2.29. The number of nitrogens with one attached hydrogen (secondary N) is 1. The molecule has 0 aliphatic heterocycles. The second-order valence-electron chi connectivity index (χ2n) is 5.56. The first-order chi connectivity index (χ1) is 10.2. The van der Waals surface area contributed by atoms with Gasteiger partial charge in [-0.2, -0.15) is 0 Å². The topological polar surface area (TPSA) is 12.0 Å². The number of benzene rings is 1. The molecule has 2 unspecified atom stereocenters. The molecule has 0 fully saturated rings. The maximum absolute atomic E-state index is 6.15. The Morgan fingerprint density at radius 2 is 2.29 bits per heavy atom. The average molecular weight is 432 g/mol. The van der Waals surface area contributed by atoms with Crippen molar-refractivity contribution in [2.24, 2.45) is 0 Å². The third-order valence-corrected chi connectivity index (χ3v) is 6.35. The van der Waals surface area contributed by atoms with Crippen LogP contribution in [0.3, 0.4) is 0 Å². The van der Waals surface area contributed by atoms with Gasteiger partial charge in [0.1, 0.15) is 0 Å². The van der Waals surface area contributed by atoms with E-state index in [-0.39, 0.29) is 0 Å². The minimum absolute atomic E-state index is 0.372. The summed E-state index contributed by atoms with van der Waals surface area (Å²) < 4.78 is 1.40. The van der Waals surface area contributed by atoms with Crippen molar-refractivity contribution in [3.8, 4) is 0 Å². The van der Waals surface area contributed by atoms with Crippen molar-refractivity contribution in [3.05, 3.63) is 54.2 Å². The van der Waals surface area contributed by atoms with E-state index in [1.54, 1.807) is 4.88 Å². The Morgan fingerprint density at radius 1 is 1.43 bits per heavy atom. The van der Waals surface area contributed by atoms with Crippen LogP contribution in [0.5, 0.6) is 0 Å². The zero-order valence-electron chi connectivity index (χ0n) is 12.0. The summed E-state index contributed by atoms with van der Waals surface area (Å²) in [6, 6.07) is 11.5. The standard InChI is InChI=1S/C17H19ClINS/c1-2-14(11-5-3-6-12(18)9-11)20-15-7-4-8-16-13(15)10-17(19)21-16/h3,5-6,9-10,14-15,20H,2,4,7-8H2,1H3. The summed E-state index contributed by atoms with van der Waals surface area (Å²) in [6.45, 7) is 2.24. The molecule has 1 aromatic carbocycles. The fourth-order valence-corrected chi connectivity index (χ4v) is 5.43. The number of aryl methyl sites for hydroxylation is 1. The Morgan fingerprint density at radius 3 is 3.05 bits per heavy atom. The normalized spacial score (nSPS) is 19.3. The van der Waals surface area contributed by atoms with E-state index in [4.69, 9.17) is 11.6 Å². The molecule has 0 saturated heterocycles. The molecule has 0 spiro atoms. The Labute approximate surface area is 149 Å². The first-order valence-electron chi connectivity index (χ1n) is 7.47. The lowest BCUT2D eigenvalue weighted by molar-refractivity contribution is 0.395. The largest absolute Gasteiger partial charge is 0.303 e. The SMILES string of the molecule is CCC(NC1CCCc2sc(I)cc21)c1cccc(Cl)c1. The van der Waals surface area contributed by atoms with Crippen LogP contribution in [0.2, 0.25) is 5.02 Å². The molecular weight excluding hydrogens is 413 g/mol. The summed E-state index contributed by atoms with van der Waals surface area (Å²) in [6.07, 6.45) is 4.84. The highest BCUT2D eigenvalue weighted by atomic mass is 127. The third-order valence-electron chi connectivity index (χ3n) is 4.15. The summed E-state index contributed by atoms with van der Waals surface area (Å²) in [7, 11) is 0. The Balaban J connectivity index is 1.82. The van der Waals surface area contributed by atoms with Gasteiger partial charge in [-0.3, -0.25) is 0 Å². The maximum atomic E-state index is 6.15. The van der Waals surface area contributed by atoms with Gasteiger partial charge >= 0.3 is 0 Å². The molecule has 4 heteroatoms. The first kappa shape index (κ1) is 15.8. The van der Waals surface area contributed by atoms with Crippen LogP contribution in [-0.2, 0) is 6.42 Å². The van der Waals surface area contributed by atoms with Crippen molar-refractivity contribution >= 4 is 45.5 Å². The van der Waals surface area contributed by atoms with Crippen LogP contribution in [0.15, 0.2) is 30.3 Å². The van der Waals surface area contributed by atoms with Crippen molar-refractivity contribution in [2.45, 2.75) is 44.7 Å². The number of fused-ring (bicyclic) bond motifs is 1. The van der Waals surface area contributed by atoms with Gasteiger partial charge in [0, 0.05) is 22.0 Å². The molecule has 1 aliphatic rings. The Hall–Kier alpha value is -0.100. The predicted octanol–water partition coefficient (Wildman–Crippen LogP) is 6.12. The maximum Gasteiger partial charge on any atom is 0.0659 e. The fourth-order valence-electron chi connectivity index (χ4n) is 3.11. The molecule has 2 aromatic rings. The Bertz CT molecular complexity index is 625. The fraction of sp³-hybridized carbons (Fsp3) is 0.412. The van der Waals surface area contributed by atoms with E-state index in [0.29, 0.717) is 12.1 Å². The quantitative estimate of drug-likeness (QED) is 0.575. The van der Waals surface area contributed by atoms with Crippen LogP contribution in [0.4, 0.5) is 0 Å². The van der Waals surface area contributed by atoms with Crippen molar-refractivity contribution in [2.75, 3.05) is 0 Å². The van der Waals surface area contributed by atoms with Gasteiger partial charge < -0.3 is 5.32 Å². The first-order valence-corrected chi connectivity index (χ1v) is 9.74. The van der Waals surface area contributed by atoms with Crippen molar-refractivity contribution in [1.29, 1.82) is 0 Å². The van der Waals surface area contributed by atoms with E-state index in [9.17, 15) is 0 Å². The molecule has 1 heterocycles. The average Bonchev–Trinajstić information content (AvgIpc) is 2.85. The van der Waals surface area contributed by atoms with Crippen molar-refractivity contribution in [3.63, 3.8) is 0 Å². The minimum Gasteiger partial charge on any atom is -0.303 e. The van der Waals surface area contributed by atoms with E-state index >= 15 is 0 Å². The molecule has 1 N–H and O–H groups in total. The highest BCUT2D eigenvalue weighted by Crippen LogP contribution is 2.38. The lowest BCUT2D eigenvalue weighted by atomic mass is 9.92. The van der Waals surface area contributed by atoms with Crippen molar-refractivity contribution in [1.82, 2.24) is 5.32 Å². The summed E-state index contributed by atoms with van der Waals surface area (Å²) >= 11 is 10.5. The van der Waals surface area contributed by atoms with E-state index < -0.39 is 0 Å². The lowest BCUT2D eigenvalue weighted by Crippen LogP contribution is -2.28. The van der Waals surface area contributed by atoms with Crippen LogP contribution in [-0.4, -0.2) is 0 Å². The number of halogens is 2. The molecule has 0 radical (unpaired) electrons. The van der Waals surface area contributed by atoms with Crippen LogP contribution in [0.1, 0.15) is 54.3 Å². The van der Waals surface area contributed by atoms with Crippen LogP contribution >= 0.6 is 45.5 Å². The molecule has 2 atom stereocenters. The summed E-state index contributed by atoms with van der Waals surface area (Å²) in [4.78, 5) is 1.57. The van der Waals surface area contributed by atoms with Gasteiger partial charge in [-0.15, -0.1) is 11.3 Å². The van der Waals surface area contributed by atoms with Crippen LogP contribution < -0.4 is 5.32 Å². The van der Waals surface area contributed by atoms with Crippen molar-refractivity contribution < 1.29 is 0 Å². The number of thiophene rings is 1. The van der Waals surface area contributed by atoms with E-state index in [2.05, 4.69) is 53.0 Å². The minimum atomic E-state index is 0.372. The molecule has 0 amide bonds. The van der Waals surface area contributed by atoms with Gasteiger partial charge in [-0.25, -0.2) is 0 Å². The molecule has 1 aromatic heterocycles. The van der Waals surface area contributed by atoms with Gasteiger partial charge in [0.2, 0.25) is 0 Å². The summed E-state index contributed by atoms with van der Waals surface area (Å²) in [5.74, 6) is 0. The van der Waals surface area contributed by atoms with Gasteiger partial charge in [0.15, 0.2) is 0 Å². The molecular formula is C17H19ClINS. The van der Waals surface area contributed by atoms with E-state index in [1.165, 1.54) is 33.3 Å². The molecule has 112 valence electrons. The molecule has 21 heavy (non-hydrogen) atoms. The number of hydrogen-bond acceptors (Lipinski definition) is 2. The smallest absolute Gasteiger partial charge is 0.0659 e. The van der Waals surface area contributed by atoms with Gasteiger partial charge in [0.05, 0.1) is 2.88 Å². The number of hydrogen-bond donors (Lipinski definition) is 1. The third kappa shape index (κ3) is 3.63. The highest BCUT2D eigenvalue weighted by molar-refractivity contribution is 14.1. The zero-order valence-corrected chi connectivity index (χ0v) is 15.8. The zero-order chi connectivity index (χ0) is 14.8. The molecule has 1 aliphatic carbocycles. The summed E-state index contributed by atoms with van der Waals surface area (Å²) in [5.41, 5.74) is 2.82. The van der Waals surface area contributed by atoms with Gasteiger partial charge in [-0.05, 0) is 77.6 Å². The predicted molar refractivity (Wildman–Crippen MR) is 100 cm³/mol. The second-order valence-corrected chi connectivity index (χ2v) is 9.02. The summed E-state index contributed by atoms with van der Waals surface area (Å²) in [5, 5.41) is 4.68. The van der Waals surface area contributed by atoms with Gasteiger partial charge in [-0.1, -0.05) is 30.7 Å². The molecule has 0 saturated carbocycles. The van der Waals surface area contributed by atoms with Crippen LogP contribution in [0.25, 0.3) is 0 Å². The van der Waals surface area contributed by atoms with E-state index in [0.717, 1.165) is 11.4 Å². The molecule has 0 bridgehead atoms. The Kier molecular flexibility index (Phi) is 5.25. The second kappa shape index (κ2) is 6.99. The molecule has 1 nitrogen and oxygen atoms in total. The monoisotopic (exact) mass is 431 g/mol. The molecule has 3 rings (SSSR count). The van der Waals surface area contributed by atoms with E-state index in [1.807, 2.05) is 23.5 Å². The number of rotatable bonds is 4. The van der Waals surface area contributed by atoms with Crippen LogP contribution in [0, 0.1) is 2.88 Å². The van der Waals surface area contributed by atoms with Gasteiger partial charge in [0.25, 0.3) is 0 Å². The highest BCUT2D eigenvalue weighted by Gasteiger charge is 2.24.